The Balaban J connectivity index is 2.18. The molecule has 1 heterocycles. The quantitative estimate of drug-likeness (QED) is 0.682. The van der Waals surface area contributed by atoms with Gasteiger partial charge in [-0.3, -0.25) is 0 Å². The number of carboxylic acid groups (broad SMARTS) is 1. The molecule has 0 spiro atoms. The van der Waals surface area contributed by atoms with Gasteiger partial charge < -0.3 is 9.67 Å². The summed E-state index contributed by atoms with van der Waals surface area (Å²) in [7, 11) is 2.01. The van der Waals surface area contributed by atoms with Crippen LogP contribution in [-0.2, 0) is 13.5 Å². The molecular weight excluding hydrogens is 380 g/mol. The van der Waals surface area contributed by atoms with Crippen LogP contribution in [0, 0.1) is 27.7 Å². The van der Waals surface area contributed by atoms with Crippen LogP contribution in [0.2, 0.25) is 0 Å². The van der Waals surface area contributed by atoms with Crippen LogP contribution >= 0.6 is 15.9 Å². The Morgan fingerprint density at radius 2 is 1.80 bits per heavy atom. The third kappa shape index (κ3) is 2.97. The van der Waals surface area contributed by atoms with Crippen LogP contribution < -0.4 is 0 Å². The average molecular weight is 401 g/mol. The molecular formula is C20H21BrN2O2. The third-order valence-corrected chi connectivity index (χ3v) is 5.52. The van der Waals surface area contributed by atoms with Gasteiger partial charge in [-0.2, -0.15) is 0 Å². The lowest BCUT2D eigenvalue weighted by Crippen LogP contribution is -2.09. The number of aromatic carboxylic acids is 1. The van der Waals surface area contributed by atoms with Crippen molar-refractivity contribution in [3.05, 3.63) is 61.9 Å². The van der Waals surface area contributed by atoms with Crippen molar-refractivity contribution < 1.29 is 9.90 Å². The largest absolute Gasteiger partial charge is 0.478 e. The minimum atomic E-state index is -0.883. The van der Waals surface area contributed by atoms with E-state index in [1.807, 2.05) is 27.8 Å². The molecule has 1 N–H and O–H groups in total. The SMILES string of the molecule is Cc1cc(C(=O)O)c(C)c(Cc2nc3c(C)cc(Br)cc3n2C)c1C. The van der Waals surface area contributed by atoms with E-state index < -0.39 is 5.97 Å². The zero-order valence-corrected chi connectivity index (χ0v) is 16.7. The highest BCUT2D eigenvalue weighted by molar-refractivity contribution is 9.10. The molecule has 0 bridgehead atoms. The Bertz CT molecular complexity index is 1020. The van der Waals surface area contributed by atoms with Gasteiger partial charge in [-0.05, 0) is 73.7 Å². The number of hydrogen-bond donors (Lipinski definition) is 1. The van der Waals surface area contributed by atoms with E-state index in [1.54, 1.807) is 6.07 Å². The highest BCUT2D eigenvalue weighted by Crippen LogP contribution is 2.28. The summed E-state index contributed by atoms with van der Waals surface area (Å²) in [6.07, 6.45) is 0.613. The molecule has 0 radical (unpaired) electrons. The molecule has 0 atom stereocenters. The second-order valence-electron chi connectivity index (χ2n) is 6.63. The van der Waals surface area contributed by atoms with Crippen LogP contribution in [0.15, 0.2) is 22.7 Å². The van der Waals surface area contributed by atoms with Gasteiger partial charge in [-0.15, -0.1) is 0 Å². The minimum Gasteiger partial charge on any atom is -0.478 e. The fourth-order valence-corrected chi connectivity index (χ4v) is 3.94. The maximum absolute atomic E-state index is 11.6. The Kier molecular flexibility index (Phi) is 4.45. The number of imidazole rings is 1. The average Bonchev–Trinajstić information content (AvgIpc) is 2.84. The number of halogens is 1. The molecule has 0 aliphatic heterocycles. The molecule has 0 aliphatic carbocycles. The molecule has 0 unspecified atom stereocenters. The van der Waals surface area contributed by atoms with Gasteiger partial charge >= 0.3 is 5.97 Å². The molecule has 4 nitrogen and oxygen atoms in total. The summed E-state index contributed by atoms with van der Waals surface area (Å²) in [5, 5.41) is 9.48. The number of aromatic nitrogens is 2. The van der Waals surface area contributed by atoms with E-state index in [2.05, 4.69) is 39.6 Å². The molecule has 3 rings (SSSR count). The van der Waals surface area contributed by atoms with Gasteiger partial charge in [0.05, 0.1) is 16.6 Å². The summed E-state index contributed by atoms with van der Waals surface area (Å²) >= 11 is 3.55. The summed E-state index contributed by atoms with van der Waals surface area (Å²) in [4.78, 5) is 16.4. The van der Waals surface area contributed by atoms with E-state index in [9.17, 15) is 9.90 Å². The predicted octanol–water partition coefficient (Wildman–Crippen LogP) is 4.86. The van der Waals surface area contributed by atoms with Crippen molar-refractivity contribution in [2.24, 2.45) is 7.05 Å². The first kappa shape index (κ1) is 17.7. The Labute approximate surface area is 155 Å². The van der Waals surface area contributed by atoms with Crippen molar-refractivity contribution >= 4 is 32.9 Å². The lowest BCUT2D eigenvalue weighted by atomic mass is 9.91. The lowest BCUT2D eigenvalue weighted by Gasteiger charge is -2.15. The molecule has 2 aromatic carbocycles. The van der Waals surface area contributed by atoms with E-state index in [1.165, 1.54) is 0 Å². The van der Waals surface area contributed by atoms with Crippen molar-refractivity contribution in [2.45, 2.75) is 34.1 Å². The van der Waals surface area contributed by atoms with E-state index in [-0.39, 0.29) is 0 Å². The van der Waals surface area contributed by atoms with Crippen LogP contribution in [0.25, 0.3) is 11.0 Å². The van der Waals surface area contributed by atoms with Crippen LogP contribution in [0.4, 0.5) is 0 Å². The fraction of sp³-hybridized carbons (Fsp3) is 0.300. The monoisotopic (exact) mass is 400 g/mol. The number of hydrogen-bond acceptors (Lipinski definition) is 2. The van der Waals surface area contributed by atoms with Crippen molar-refractivity contribution in [1.82, 2.24) is 9.55 Å². The van der Waals surface area contributed by atoms with Crippen molar-refractivity contribution in [3.8, 4) is 0 Å². The normalized spacial score (nSPS) is 11.3. The summed E-state index contributed by atoms with van der Waals surface area (Å²) in [6, 6.07) is 5.88. The summed E-state index contributed by atoms with van der Waals surface area (Å²) in [5.74, 6) is 0.0518. The second-order valence-corrected chi connectivity index (χ2v) is 7.54. The standard InChI is InChI=1S/C20H21BrN2O2/c1-10-7-16(20(24)25)13(4)15(12(10)3)9-18-22-19-11(2)6-14(21)8-17(19)23(18)5/h6-8H,9H2,1-5H3,(H,24,25). The van der Waals surface area contributed by atoms with Gasteiger partial charge in [0.2, 0.25) is 0 Å². The number of aryl methyl sites for hydroxylation is 3. The molecule has 0 fully saturated rings. The maximum Gasteiger partial charge on any atom is 0.335 e. The number of carboxylic acids is 1. The summed E-state index contributed by atoms with van der Waals surface area (Å²) in [5.41, 5.74) is 7.55. The fourth-order valence-electron chi connectivity index (χ4n) is 3.38. The number of benzene rings is 2. The second kappa shape index (κ2) is 6.30. The first-order valence-electron chi connectivity index (χ1n) is 8.15. The van der Waals surface area contributed by atoms with E-state index in [0.29, 0.717) is 12.0 Å². The smallest absolute Gasteiger partial charge is 0.335 e. The molecule has 0 saturated carbocycles. The Morgan fingerprint density at radius 1 is 1.12 bits per heavy atom. The van der Waals surface area contributed by atoms with Gasteiger partial charge in [-0.1, -0.05) is 15.9 Å². The van der Waals surface area contributed by atoms with E-state index in [4.69, 9.17) is 4.98 Å². The zero-order chi connectivity index (χ0) is 18.5. The van der Waals surface area contributed by atoms with Crippen LogP contribution in [-0.4, -0.2) is 20.6 Å². The molecule has 0 saturated heterocycles. The van der Waals surface area contributed by atoms with Gasteiger partial charge in [0.1, 0.15) is 5.82 Å². The highest BCUT2D eigenvalue weighted by atomic mass is 79.9. The summed E-state index contributed by atoms with van der Waals surface area (Å²) in [6.45, 7) is 7.94. The van der Waals surface area contributed by atoms with Gasteiger partial charge in [0.15, 0.2) is 0 Å². The number of rotatable bonds is 3. The third-order valence-electron chi connectivity index (χ3n) is 5.06. The molecule has 1 aromatic heterocycles. The number of fused-ring (bicyclic) bond motifs is 1. The first-order chi connectivity index (χ1) is 11.7. The Morgan fingerprint density at radius 3 is 2.44 bits per heavy atom. The van der Waals surface area contributed by atoms with Crippen LogP contribution in [0.1, 0.15) is 44.0 Å². The van der Waals surface area contributed by atoms with E-state index in [0.717, 1.165) is 49.1 Å². The van der Waals surface area contributed by atoms with Gasteiger partial charge in [0.25, 0.3) is 0 Å². The number of nitrogens with zero attached hydrogens (tertiary/aromatic N) is 2. The van der Waals surface area contributed by atoms with Gasteiger partial charge in [0, 0.05) is 17.9 Å². The minimum absolute atomic E-state index is 0.371. The van der Waals surface area contributed by atoms with Crippen LogP contribution in [0.5, 0.6) is 0 Å². The summed E-state index contributed by atoms with van der Waals surface area (Å²) < 4.78 is 3.12. The first-order valence-corrected chi connectivity index (χ1v) is 8.94. The molecule has 25 heavy (non-hydrogen) atoms. The lowest BCUT2D eigenvalue weighted by molar-refractivity contribution is 0.0696. The molecule has 5 heteroatoms. The molecule has 130 valence electrons. The van der Waals surface area contributed by atoms with E-state index >= 15 is 0 Å². The van der Waals surface area contributed by atoms with Crippen molar-refractivity contribution in [3.63, 3.8) is 0 Å². The van der Waals surface area contributed by atoms with Crippen LogP contribution in [0.3, 0.4) is 0 Å². The zero-order valence-electron chi connectivity index (χ0n) is 15.1. The van der Waals surface area contributed by atoms with Crippen molar-refractivity contribution in [2.75, 3.05) is 0 Å². The number of carbonyl (C=O) groups is 1. The highest BCUT2D eigenvalue weighted by Gasteiger charge is 2.18. The molecule has 0 aliphatic rings. The maximum atomic E-state index is 11.6. The van der Waals surface area contributed by atoms with Crippen molar-refractivity contribution in [1.29, 1.82) is 0 Å². The van der Waals surface area contributed by atoms with Gasteiger partial charge in [-0.25, -0.2) is 9.78 Å². The Hall–Kier alpha value is -2.14. The predicted molar refractivity (Wildman–Crippen MR) is 104 cm³/mol. The molecule has 0 amide bonds. The molecule has 3 aromatic rings. The topological polar surface area (TPSA) is 55.1 Å².